The van der Waals surface area contributed by atoms with Gasteiger partial charge < -0.3 is 0 Å². The molecule has 1 aliphatic rings. The highest BCUT2D eigenvalue weighted by Crippen LogP contribution is 2.26. The molecule has 0 unspecified atom stereocenters. The van der Waals surface area contributed by atoms with E-state index < -0.39 is 0 Å². The number of aromatic nitrogens is 2. The smallest absolute Gasteiger partial charge is 0.256 e. The molecule has 58 valence electrons. The summed E-state index contributed by atoms with van der Waals surface area (Å²) in [5, 5.41) is 0.974. The molecule has 0 atom stereocenters. The molecular weight excluding hydrogens is 184 g/mol. The summed E-state index contributed by atoms with van der Waals surface area (Å²) in [6.07, 6.45) is 0.805. The summed E-state index contributed by atoms with van der Waals surface area (Å²) in [5.41, 5.74) is 0.685. The van der Waals surface area contributed by atoms with Gasteiger partial charge in [-0.25, -0.2) is 4.98 Å². The van der Waals surface area contributed by atoms with E-state index in [9.17, 15) is 4.79 Å². The summed E-state index contributed by atoms with van der Waals surface area (Å²) in [5.74, 6) is 0.936. The summed E-state index contributed by atoms with van der Waals surface area (Å²) in [6.45, 7) is 0. The highest BCUT2D eigenvalue weighted by Gasteiger charge is 2.16. The Balaban J connectivity index is 2.70. The van der Waals surface area contributed by atoms with Crippen LogP contribution in [0.4, 0.5) is 0 Å². The topological polar surface area (TPSA) is 45.8 Å². The molecule has 1 aliphatic heterocycles. The monoisotopic (exact) mass is 188 g/mol. The van der Waals surface area contributed by atoms with Crippen molar-refractivity contribution in [2.45, 2.75) is 11.4 Å². The lowest BCUT2D eigenvalue weighted by molar-refractivity contribution is 0.948. The van der Waals surface area contributed by atoms with Gasteiger partial charge in [-0.3, -0.25) is 9.78 Å². The van der Waals surface area contributed by atoms with Gasteiger partial charge in [-0.15, -0.1) is 11.8 Å². The van der Waals surface area contributed by atoms with E-state index in [0.717, 1.165) is 22.8 Å². The van der Waals surface area contributed by atoms with Crippen molar-refractivity contribution in [3.63, 3.8) is 0 Å². The first-order chi connectivity index (χ1) is 5.27. The fourth-order valence-electron chi connectivity index (χ4n) is 1.04. The zero-order chi connectivity index (χ0) is 7.84. The predicted molar refractivity (Wildman–Crippen MR) is 44.3 cm³/mol. The normalized spacial score (nSPS) is 15.0. The molecule has 0 bridgehead atoms. The Labute approximate surface area is 72.2 Å². The maximum absolute atomic E-state index is 11.1. The van der Waals surface area contributed by atoms with E-state index in [-0.39, 0.29) is 10.8 Å². The molecule has 1 N–H and O–H groups in total. The fraction of sp³-hybridized carbons (Fsp3) is 0.333. The van der Waals surface area contributed by atoms with Crippen molar-refractivity contribution < 1.29 is 0 Å². The third-order valence-electron chi connectivity index (χ3n) is 1.54. The second-order valence-electron chi connectivity index (χ2n) is 2.24. The molecule has 1 aromatic heterocycles. The highest BCUT2D eigenvalue weighted by molar-refractivity contribution is 7.99. The summed E-state index contributed by atoms with van der Waals surface area (Å²) in [4.78, 5) is 17.6. The van der Waals surface area contributed by atoms with Crippen LogP contribution in [0.25, 0.3) is 0 Å². The molecule has 0 aliphatic carbocycles. The van der Waals surface area contributed by atoms with Crippen LogP contribution >= 0.6 is 23.4 Å². The number of thioether (sulfide) groups is 1. The van der Waals surface area contributed by atoms with Gasteiger partial charge in [0.1, 0.15) is 5.03 Å². The van der Waals surface area contributed by atoms with Crippen LogP contribution in [-0.2, 0) is 6.42 Å². The number of nitrogens with one attached hydrogen (secondary N) is 1. The van der Waals surface area contributed by atoms with Crippen LogP contribution in [0, 0.1) is 0 Å². The van der Waals surface area contributed by atoms with Crippen LogP contribution in [0.2, 0.25) is 5.28 Å². The number of fused-ring (bicyclic) bond motifs is 1. The number of hydrogen-bond acceptors (Lipinski definition) is 3. The SMILES string of the molecule is O=c1[nH]c(Cl)nc2c1CCS2. The average Bonchev–Trinajstić information content (AvgIpc) is 2.34. The first-order valence-electron chi connectivity index (χ1n) is 3.19. The van der Waals surface area contributed by atoms with Crippen molar-refractivity contribution in [3.8, 4) is 0 Å². The maximum atomic E-state index is 11.1. The molecule has 0 aromatic carbocycles. The standard InChI is InChI=1S/C6H5ClN2OS/c7-6-8-4(10)3-1-2-11-5(3)9-6/h1-2H2,(H,8,9,10). The van der Waals surface area contributed by atoms with Gasteiger partial charge in [0.25, 0.3) is 5.56 Å². The van der Waals surface area contributed by atoms with Gasteiger partial charge in [0.15, 0.2) is 0 Å². The minimum absolute atomic E-state index is 0.0926. The largest absolute Gasteiger partial charge is 0.297 e. The fourth-order valence-corrected chi connectivity index (χ4v) is 2.29. The Morgan fingerprint density at radius 3 is 3.27 bits per heavy atom. The van der Waals surface area contributed by atoms with Gasteiger partial charge in [0.05, 0.1) is 5.56 Å². The minimum Gasteiger partial charge on any atom is -0.297 e. The average molecular weight is 189 g/mol. The van der Waals surface area contributed by atoms with Crippen LogP contribution in [0.5, 0.6) is 0 Å². The van der Waals surface area contributed by atoms with E-state index in [2.05, 4.69) is 9.97 Å². The Bertz CT molecular complexity index is 349. The van der Waals surface area contributed by atoms with Crippen molar-refractivity contribution in [1.82, 2.24) is 9.97 Å². The lowest BCUT2D eigenvalue weighted by Gasteiger charge is -1.94. The van der Waals surface area contributed by atoms with Gasteiger partial charge in [0, 0.05) is 5.75 Å². The van der Waals surface area contributed by atoms with Gasteiger partial charge in [-0.2, -0.15) is 0 Å². The number of nitrogens with zero attached hydrogens (tertiary/aromatic N) is 1. The van der Waals surface area contributed by atoms with Crippen LogP contribution in [0.3, 0.4) is 0 Å². The second-order valence-corrected chi connectivity index (χ2v) is 3.68. The molecule has 1 aromatic rings. The lowest BCUT2D eigenvalue weighted by Crippen LogP contribution is -2.12. The lowest BCUT2D eigenvalue weighted by atomic mass is 10.3. The molecule has 2 heterocycles. The van der Waals surface area contributed by atoms with Crippen molar-refractivity contribution in [3.05, 3.63) is 21.2 Å². The van der Waals surface area contributed by atoms with Crippen LogP contribution < -0.4 is 5.56 Å². The Morgan fingerprint density at radius 1 is 1.64 bits per heavy atom. The predicted octanol–water partition coefficient (Wildman–Crippen LogP) is 1.07. The quantitative estimate of drug-likeness (QED) is 0.490. The van der Waals surface area contributed by atoms with E-state index in [1.165, 1.54) is 0 Å². The molecular formula is C6H5ClN2OS. The summed E-state index contributed by atoms with van der Waals surface area (Å²) in [6, 6.07) is 0. The molecule has 0 amide bonds. The minimum atomic E-state index is -0.0926. The van der Waals surface area contributed by atoms with E-state index in [1.54, 1.807) is 11.8 Å². The Hall–Kier alpha value is -0.480. The molecule has 5 heteroatoms. The first-order valence-corrected chi connectivity index (χ1v) is 4.55. The van der Waals surface area contributed by atoms with Gasteiger partial charge in [-0.1, -0.05) is 0 Å². The molecule has 11 heavy (non-hydrogen) atoms. The van der Waals surface area contributed by atoms with Crippen molar-refractivity contribution in [2.24, 2.45) is 0 Å². The number of halogens is 1. The van der Waals surface area contributed by atoms with Crippen LogP contribution in [-0.4, -0.2) is 15.7 Å². The van der Waals surface area contributed by atoms with Gasteiger partial charge >= 0.3 is 0 Å². The molecule has 2 rings (SSSR count). The van der Waals surface area contributed by atoms with Crippen LogP contribution in [0.15, 0.2) is 9.82 Å². The molecule has 0 saturated heterocycles. The molecule has 3 nitrogen and oxygen atoms in total. The third kappa shape index (κ3) is 1.16. The van der Waals surface area contributed by atoms with E-state index in [1.807, 2.05) is 0 Å². The van der Waals surface area contributed by atoms with Gasteiger partial charge in [-0.05, 0) is 18.0 Å². The van der Waals surface area contributed by atoms with Crippen molar-refractivity contribution >= 4 is 23.4 Å². The zero-order valence-corrected chi connectivity index (χ0v) is 7.13. The highest BCUT2D eigenvalue weighted by atomic mass is 35.5. The molecule has 0 spiro atoms. The summed E-state index contributed by atoms with van der Waals surface area (Å²) < 4.78 is 0. The van der Waals surface area contributed by atoms with E-state index in [0.29, 0.717) is 0 Å². The summed E-state index contributed by atoms with van der Waals surface area (Å²) in [7, 11) is 0. The van der Waals surface area contributed by atoms with Gasteiger partial charge in [0.2, 0.25) is 5.28 Å². The van der Waals surface area contributed by atoms with Crippen LogP contribution in [0.1, 0.15) is 5.56 Å². The maximum Gasteiger partial charge on any atom is 0.256 e. The molecule has 0 radical (unpaired) electrons. The summed E-state index contributed by atoms with van der Waals surface area (Å²) >= 11 is 7.13. The van der Waals surface area contributed by atoms with E-state index >= 15 is 0 Å². The molecule has 0 fully saturated rings. The van der Waals surface area contributed by atoms with Crippen molar-refractivity contribution in [1.29, 1.82) is 0 Å². The first kappa shape index (κ1) is 7.18. The number of rotatable bonds is 0. The number of aromatic amines is 1. The molecule has 0 saturated carbocycles. The van der Waals surface area contributed by atoms with E-state index in [4.69, 9.17) is 11.6 Å². The van der Waals surface area contributed by atoms with Crippen molar-refractivity contribution in [2.75, 3.05) is 5.75 Å². The number of H-pyrrole nitrogens is 1. The zero-order valence-electron chi connectivity index (χ0n) is 5.56. The second kappa shape index (κ2) is 2.53. The third-order valence-corrected chi connectivity index (χ3v) is 2.74. The number of hydrogen-bond donors (Lipinski definition) is 1. The Kier molecular flexibility index (Phi) is 1.65. The Morgan fingerprint density at radius 2 is 2.45 bits per heavy atom.